The molecule has 7 rings (SSSR count). The summed E-state index contributed by atoms with van der Waals surface area (Å²) >= 11 is 0. The minimum atomic E-state index is -3.60. The average Bonchev–Trinajstić information content (AvgIpc) is 1.58. The van der Waals surface area contributed by atoms with Crippen LogP contribution in [0.5, 0.6) is 5.75 Å². The lowest BCUT2D eigenvalue weighted by Gasteiger charge is -2.40. The summed E-state index contributed by atoms with van der Waals surface area (Å²) in [4.78, 5) is 27.8. The number of nitrogens with one attached hydrogen (secondary N) is 4. The number of amides is 1. The zero-order valence-electron chi connectivity index (χ0n) is 67.2. The lowest BCUT2D eigenvalue weighted by molar-refractivity contribution is -0.125. The Hall–Kier alpha value is -6.99. The number of fused-ring (bicyclic) bond motifs is 2. The molecule has 2 aromatic heterocycles. The molecule has 0 unspecified atom stereocenters. The molecule has 3 aromatic carbocycles. The Balaban J connectivity index is 0.000000342. The van der Waals surface area contributed by atoms with Crippen LogP contribution in [0.2, 0.25) is 0 Å². The number of likely N-dealkylation sites (N-methyl/N-ethyl adjacent to an activating group) is 2. The molecule has 2 aliphatic heterocycles. The van der Waals surface area contributed by atoms with E-state index in [1.165, 1.54) is 44.9 Å². The molecule has 0 aliphatic carbocycles. The highest BCUT2D eigenvalue weighted by Gasteiger charge is 2.47. The topological polar surface area (TPSA) is 328 Å². The molecule has 0 fully saturated rings. The summed E-state index contributed by atoms with van der Waals surface area (Å²) in [6, 6.07) is 18.7. The molecule has 2 aliphatic rings. The van der Waals surface area contributed by atoms with Crippen LogP contribution in [-0.4, -0.2) is 173 Å². The van der Waals surface area contributed by atoms with Crippen LogP contribution in [0.4, 0.5) is 28.4 Å². The number of carbonyl (C=O) groups is 1. The van der Waals surface area contributed by atoms with E-state index < -0.39 is 62.2 Å². The van der Waals surface area contributed by atoms with Crippen LogP contribution >= 0.6 is 0 Å². The monoisotopic (exact) mass is 1560 g/mol. The third-order valence-corrected chi connectivity index (χ3v) is 24.0. The number of hydrogen-bond acceptors (Lipinski definition) is 20. The number of aryl methyl sites for hydroxylation is 3. The fourth-order valence-electron chi connectivity index (χ4n) is 12.5. The van der Waals surface area contributed by atoms with Gasteiger partial charge in [0.1, 0.15) is 27.0 Å². The zero-order valence-corrected chi connectivity index (χ0v) is 70.4. The van der Waals surface area contributed by atoms with E-state index in [4.69, 9.17) is 24.9 Å². The van der Waals surface area contributed by atoms with Gasteiger partial charge in [-0.2, -0.15) is 19.6 Å². The van der Waals surface area contributed by atoms with E-state index in [9.17, 15) is 38.5 Å². The van der Waals surface area contributed by atoms with Crippen molar-refractivity contribution in [1.29, 1.82) is 0 Å². The second kappa shape index (κ2) is 39.6. The van der Waals surface area contributed by atoms with Gasteiger partial charge in [0.15, 0.2) is 18.3 Å². The Morgan fingerprint density at radius 1 is 0.533 bits per heavy atom. The number of sulfonamides is 3. The van der Waals surface area contributed by atoms with Crippen LogP contribution in [0.15, 0.2) is 80.9 Å². The molecule has 0 radical (unpaired) electrons. The maximum atomic E-state index is 13.5. The number of rotatable bonds is 44. The van der Waals surface area contributed by atoms with Crippen molar-refractivity contribution in [1.82, 2.24) is 44.5 Å². The molecule has 0 saturated heterocycles. The van der Waals surface area contributed by atoms with Crippen molar-refractivity contribution in [3.8, 4) is 5.75 Å². The number of nitrogens with zero attached hydrogens (tertiary/aromatic N) is 12. The molecular formula is C77H124N16O10S4. The van der Waals surface area contributed by atoms with Gasteiger partial charge in [0, 0.05) is 78.8 Å². The van der Waals surface area contributed by atoms with Gasteiger partial charge in [-0.15, -0.1) is 20.4 Å². The van der Waals surface area contributed by atoms with Crippen LogP contribution < -0.4 is 34.0 Å². The second-order valence-electron chi connectivity index (χ2n) is 31.4. The molecule has 0 saturated carbocycles. The molecule has 596 valence electrons. The van der Waals surface area contributed by atoms with Gasteiger partial charge in [-0.1, -0.05) is 171 Å². The van der Waals surface area contributed by atoms with Gasteiger partial charge in [-0.05, 0) is 120 Å². The van der Waals surface area contributed by atoms with Gasteiger partial charge in [0.2, 0.25) is 41.7 Å². The standard InChI is InChI=1S/C42H65N9O6S2.C35H59N7O4S2/c1-12-14-15-16-17-20-27-59(55,56)49-33-21-18-19-22-34(33)57-29-35(52)45-42(9,10)41(7,8)39-47-46-38-36(37(40(4,5)6)48-51(38)39)44-32-24-23-31(28-30(32)3)50(13-2)26-25-43-58(11,53)54;1-8-10-11-12-13-14-15-16-17-18-25-48(45,46)26-19-20-31-38-39-34-32(33(35(4,5)6)40-42(31)34)37-30-22-21-29(27-28(30)3)41(9-2)24-23-36-47(7,43)44/h18-19,21-24,28,43,49H,12-17,20,25-27,29H2,1-11H3,(H,45,52);21-22,27,36H,8-20,23-26H2,1-7H3. The number of para-hydroxylation sites is 2. The summed E-state index contributed by atoms with van der Waals surface area (Å²) in [5.41, 5.74) is 6.02. The van der Waals surface area contributed by atoms with Crippen molar-refractivity contribution >= 4 is 97.1 Å². The molecule has 107 heavy (non-hydrogen) atoms. The van der Waals surface area contributed by atoms with Gasteiger partial charge in [0.05, 0.1) is 58.3 Å². The summed E-state index contributed by atoms with van der Waals surface area (Å²) in [5.74, 6) is 2.47. The van der Waals surface area contributed by atoms with E-state index in [1.54, 1.807) is 33.6 Å². The lowest BCUT2D eigenvalue weighted by atomic mass is 9.73. The predicted octanol–water partition coefficient (Wildman–Crippen LogP) is 13.3. The Kier molecular flexibility index (Phi) is 32.9. The van der Waals surface area contributed by atoms with Gasteiger partial charge >= 0.3 is 0 Å². The number of ether oxygens (including phenoxy) is 1. The van der Waals surface area contributed by atoms with Crippen LogP contribution in [0, 0.1) is 24.7 Å². The smallest absolute Gasteiger partial charge is 0.258 e. The predicted molar refractivity (Wildman–Crippen MR) is 438 cm³/mol. The first-order chi connectivity index (χ1) is 50.1. The number of unbranched alkanes of at least 4 members (excludes halogenated alkanes) is 14. The molecule has 30 heteroatoms. The van der Waals surface area contributed by atoms with Crippen LogP contribution in [-0.2, 0) is 56.5 Å². The number of aromatic nitrogens is 6. The Labute approximate surface area is 640 Å². The maximum Gasteiger partial charge on any atom is 0.258 e. The fraction of sp³-hybridized carbons (Fsp3) is 0.649. The molecule has 26 nitrogen and oxygen atoms in total. The Bertz CT molecular complexity index is 4380. The molecule has 5 aromatic rings. The van der Waals surface area contributed by atoms with Crippen LogP contribution in [0.1, 0.15) is 241 Å². The molecule has 0 spiro atoms. The molecule has 4 N–H and O–H groups in total. The largest absolute Gasteiger partial charge is 0.482 e. The third kappa shape index (κ3) is 27.2. The summed E-state index contributed by atoms with van der Waals surface area (Å²) in [5, 5.41) is 31.1. The molecule has 0 bridgehead atoms. The second-order valence-corrected chi connectivity index (χ2v) is 39.2. The summed E-state index contributed by atoms with van der Waals surface area (Å²) in [6.45, 7) is 35.4. The Morgan fingerprint density at radius 2 is 0.972 bits per heavy atom. The van der Waals surface area contributed by atoms with Crippen molar-refractivity contribution < 1.29 is 43.2 Å². The minimum Gasteiger partial charge on any atom is -0.482 e. The molecule has 4 heterocycles. The van der Waals surface area contributed by atoms with E-state index in [-0.39, 0.29) is 40.7 Å². The number of hydrogen-bond donors (Lipinski definition) is 4. The highest BCUT2D eigenvalue weighted by molar-refractivity contribution is 7.92. The molecule has 1 amide bonds. The maximum absolute atomic E-state index is 13.5. The highest BCUT2D eigenvalue weighted by atomic mass is 32.2. The molecular weight excluding hydrogens is 1440 g/mol. The average molecular weight is 1560 g/mol. The number of benzene rings is 3. The first kappa shape index (κ1) is 88.9. The van der Waals surface area contributed by atoms with Crippen molar-refractivity contribution in [3.63, 3.8) is 0 Å². The highest BCUT2D eigenvalue weighted by Crippen LogP contribution is 2.38. The van der Waals surface area contributed by atoms with Gasteiger partial charge in [-0.3, -0.25) is 9.52 Å². The number of anilines is 3. The summed E-state index contributed by atoms with van der Waals surface area (Å²) in [7, 11) is -13.3. The number of aliphatic imine (C=N–C) groups is 2. The van der Waals surface area contributed by atoms with E-state index in [2.05, 4.69) is 111 Å². The van der Waals surface area contributed by atoms with Crippen molar-refractivity contribution in [2.75, 3.05) is 90.2 Å². The first-order valence-corrected chi connectivity index (χ1v) is 45.5. The normalized spacial score (nSPS) is 14.4. The number of carbonyl (C=O) groups excluding carboxylic acids is 1. The zero-order chi connectivity index (χ0) is 79.2. The van der Waals surface area contributed by atoms with E-state index in [0.717, 1.165) is 116 Å². The number of sulfone groups is 1. The van der Waals surface area contributed by atoms with Gasteiger partial charge < -0.3 is 19.9 Å². The first-order valence-electron chi connectivity index (χ1n) is 38.3. The van der Waals surface area contributed by atoms with Crippen molar-refractivity contribution in [3.05, 3.63) is 95.1 Å². The van der Waals surface area contributed by atoms with Crippen molar-refractivity contribution in [2.45, 2.75) is 237 Å². The third-order valence-electron chi connectivity index (χ3n) is 19.4. The minimum absolute atomic E-state index is 0.0128. The van der Waals surface area contributed by atoms with Crippen LogP contribution in [0.3, 0.4) is 0 Å². The van der Waals surface area contributed by atoms with E-state index in [0.29, 0.717) is 86.7 Å². The van der Waals surface area contributed by atoms with E-state index >= 15 is 0 Å². The van der Waals surface area contributed by atoms with Gasteiger partial charge in [0.25, 0.3) is 5.91 Å². The fourth-order valence-corrected chi connectivity index (χ4v) is 16.0. The lowest BCUT2D eigenvalue weighted by Crippen LogP contribution is -2.57. The van der Waals surface area contributed by atoms with Gasteiger partial charge in [-0.25, -0.2) is 53.1 Å². The summed E-state index contributed by atoms with van der Waals surface area (Å²) in [6.07, 6.45) is 20.9. The van der Waals surface area contributed by atoms with Crippen LogP contribution in [0.25, 0.3) is 0 Å². The van der Waals surface area contributed by atoms with Crippen molar-refractivity contribution in [2.24, 2.45) is 31.0 Å². The summed E-state index contributed by atoms with van der Waals surface area (Å²) < 4.78 is 114. The SMILES string of the molecule is CCCCCCCCCCCCS(=O)(=O)CCCc1nnc2n1N=C(C(C)(C)C)C2=Nc1ccc(N(CC)CCNS(C)(=O)=O)cc1C.CCCCCCCCS(=O)(=O)Nc1ccccc1OCC(=O)NC(C)(C)C(C)(C)c1nnc2n1N=C(C(C)(C)C)C2=Nc1ccc(N(CC)CCNS(C)(=O)=O)cc1C. The van der Waals surface area contributed by atoms with E-state index in [1.807, 2.05) is 85.7 Å². The quantitative estimate of drug-likeness (QED) is 0.0263. The molecule has 0 atom stereocenters. The Morgan fingerprint density at radius 3 is 1.44 bits per heavy atom.